The lowest BCUT2D eigenvalue weighted by atomic mass is 9.86. The minimum absolute atomic E-state index is 0. The molecular weight excluding hydrogens is 362 g/mol. The van der Waals surface area contributed by atoms with Gasteiger partial charge in [-0.3, -0.25) is 9.59 Å². The Morgan fingerprint density at radius 2 is 1.59 bits per heavy atom. The summed E-state index contributed by atoms with van der Waals surface area (Å²) in [5.74, 6) is -0.370. The van der Waals surface area contributed by atoms with E-state index < -0.39 is 6.04 Å². The molecule has 2 atom stereocenters. The smallest absolute Gasteiger partial charge is 0.251 e. The highest BCUT2D eigenvalue weighted by atomic mass is 35.5. The maximum absolute atomic E-state index is 12.6. The number of amides is 2. The number of benzene rings is 1. The van der Waals surface area contributed by atoms with Crippen LogP contribution in [0.25, 0.3) is 0 Å². The topological polar surface area (TPSA) is 70.2 Å². The lowest BCUT2D eigenvalue weighted by molar-refractivity contribution is -0.124. The number of rotatable bonds is 8. The van der Waals surface area contributed by atoms with Crippen molar-refractivity contribution in [3.63, 3.8) is 0 Å². The molecule has 0 aliphatic heterocycles. The minimum Gasteiger partial charge on any atom is -0.353 e. The van der Waals surface area contributed by atoms with Gasteiger partial charge in [0.15, 0.2) is 0 Å². The fourth-order valence-electron chi connectivity index (χ4n) is 2.67. The third-order valence-electron chi connectivity index (χ3n) is 4.38. The lowest BCUT2D eigenvalue weighted by Crippen LogP contribution is -2.51. The van der Waals surface area contributed by atoms with Crippen LogP contribution in [0.4, 0.5) is 0 Å². The highest BCUT2D eigenvalue weighted by Gasteiger charge is 2.25. The number of halogens is 1. The summed E-state index contributed by atoms with van der Waals surface area (Å²) in [5, 5.41) is 9.04. The van der Waals surface area contributed by atoms with Crippen LogP contribution < -0.4 is 16.0 Å². The molecule has 0 fully saturated rings. The number of hydrogen-bond acceptors (Lipinski definition) is 3. The second-order valence-electron chi connectivity index (χ2n) is 8.23. The Balaban J connectivity index is 0.00000676. The zero-order valence-corrected chi connectivity index (χ0v) is 18.5. The van der Waals surface area contributed by atoms with E-state index in [1.54, 1.807) is 0 Å². The highest BCUT2D eigenvalue weighted by molar-refractivity contribution is 5.97. The predicted molar refractivity (Wildman–Crippen MR) is 115 cm³/mol. The van der Waals surface area contributed by atoms with Crippen molar-refractivity contribution in [2.24, 2.45) is 5.92 Å². The van der Waals surface area contributed by atoms with Gasteiger partial charge in [-0.15, -0.1) is 12.4 Å². The number of likely N-dealkylation sites (N-methyl/N-ethyl adjacent to an activating group) is 1. The van der Waals surface area contributed by atoms with Crippen LogP contribution in [0.1, 0.15) is 64.4 Å². The molecule has 1 aromatic carbocycles. The van der Waals surface area contributed by atoms with Gasteiger partial charge in [-0.25, -0.2) is 0 Å². The first-order valence-corrected chi connectivity index (χ1v) is 9.48. The molecule has 0 radical (unpaired) electrons. The average molecular weight is 398 g/mol. The average Bonchev–Trinajstić information content (AvgIpc) is 2.56. The first-order valence-electron chi connectivity index (χ1n) is 9.48. The monoisotopic (exact) mass is 397 g/mol. The van der Waals surface area contributed by atoms with Crippen LogP contribution in [0.15, 0.2) is 24.3 Å². The summed E-state index contributed by atoms with van der Waals surface area (Å²) in [5.41, 5.74) is 1.78. The quantitative estimate of drug-likeness (QED) is 0.630. The SMILES string of the molecule is CCN[C@H](C)CNC(=O)C(NC(=O)c1ccc(C(C)(C)C)cc1)C(C)C.Cl. The van der Waals surface area contributed by atoms with Crippen LogP contribution in [-0.4, -0.2) is 37.0 Å². The van der Waals surface area contributed by atoms with Crippen molar-refractivity contribution in [1.82, 2.24) is 16.0 Å². The van der Waals surface area contributed by atoms with Gasteiger partial charge in [0.25, 0.3) is 5.91 Å². The van der Waals surface area contributed by atoms with Crippen molar-refractivity contribution in [3.8, 4) is 0 Å². The molecule has 0 heterocycles. The van der Waals surface area contributed by atoms with Gasteiger partial charge in [-0.05, 0) is 42.5 Å². The first-order chi connectivity index (χ1) is 12.1. The Morgan fingerprint density at radius 1 is 1.04 bits per heavy atom. The van der Waals surface area contributed by atoms with E-state index in [1.807, 2.05) is 52.0 Å². The molecule has 0 spiro atoms. The van der Waals surface area contributed by atoms with Crippen LogP contribution in [0.5, 0.6) is 0 Å². The molecule has 1 unspecified atom stereocenters. The van der Waals surface area contributed by atoms with Crippen LogP contribution in [-0.2, 0) is 10.2 Å². The third kappa shape index (κ3) is 8.31. The molecule has 2 amide bonds. The fraction of sp³-hybridized carbons (Fsp3) is 0.619. The van der Waals surface area contributed by atoms with E-state index >= 15 is 0 Å². The van der Waals surface area contributed by atoms with Crippen LogP contribution in [0.2, 0.25) is 0 Å². The van der Waals surface area contributed by atoms with Gasteiger partial charge in [0.1, 0.15) is 6.04 Å². The van der Waals surface area contributed by atoms with Crippen LogP contribution in [0.3, 0.4) is 0 Å². The Kier molecular flexibility index (Phi) is 10.6. The molecule has 0 saturated heterocycles. The van der Waals surface area contributed by atoms with Gasteiger partial charge in [0.2, 0.25) is 5.91 Å². The Bertz CT molecular complexity index is 594. The first kappa shape index (κ1) is 25.4. The minimum atomic E-state index is -0.557. The molecule has 1 rings (SSSR count). The number of carbonyl (C=O) groups excluding carboxylic acids is 2. The second kappa shape index (κ2) is 11.3. The van der Waals surface area contributed by atoms with Gasteiger partial charge in [0.05, 0.1) is 0 Å². The Labute approximate surface area is 170 Å². The zero-order chi connectivity index (χ0) is 19.9. The van der Waals surface area contributed by atoms with Crippen molar-refractivity contribution in [1.29, 1.82) is 0 Å². The molecule has 0 aliphatic rings. The summed E-state index contributed by atoms with van der Waals surface area (Å²) in [6.45, 7) is 15.7. The van der Waals surface area contributed by atoms with Gasteiger partial charge < -0.3 is 16.0 Å². The van der Waals surface area contributed by atoms with Crippen molar-refractivity contribution in [3.05, 3.63) is 35.4 Å². The van der Waals surface area contributed by atoms with Crippen molar-refractivity contribution in [2.45, 2.75) is 66.0 Å². The van der Waals surface area contributed by atoms with Gasteiger partial charge in [0, 0.05) is 18.2 Å². The van der Waals surface area contributed by atoms with E-state index in [-0.39, 0.29) is 41.6 Å². The van der Waals surface area contributed by atoms with Crippen molar-refractivity contribution in [2.75, 3.05) is 13.1 Å². The Morgan fingerprint density at radius 3 is 2.04 bits per heavy atom. The summed E-state index contributed by atoms with van der Waals surface area (Å²) in [6, 6.07) is 7.21. The highest BCUT2D eigenvalue weighted by Crippen LogP contribution is 2.22. The largest absolute Gasteiger partial charge is 0.353 e. The number of carbonyl (C=O) groups is 2. The normalized spacial score (nSPS) is 13.5. The van der Waals surface area contributed by atoms with E-state index in [0.29, 0.717) is 12.1 Å². The summed E-state index contributed by atoms with van der Waals surface area (Å²) in [4.78, 5) is 25.1. The molecule has 5 nitrogen and oxygen atoms in total. The molecule has 0 aromatic heterocycles. The standard InChI is InChI=1S/C21H35N3O2.ClH/c1-8-22-15(4)13-23-20(26)18(14(2)3)24-19(25)16-9-11-17(12-10-16)21(5,6)7;/h9-12,14-15,18,22H,8,13H2,1-7H3,(H,23,26)(H,24,25);1H/t15-,18?;/m1./s1. The van der Waals surface area contributed by atoms with Crippen LogP contribution >= 0.6 is 12.4 Å². The molecular formula is C21H36ClN3O2. The summed E-state index contributed by atoms with van der Waals surface area (Å²) >= 11 is 0. The van der Waals surface area contributed by atoms with Gasteiger partial charge >= 0.3 is 0 Å². The Hall–Kier alpha value is -1.59. The summed E-state index contributed by atoms with van der Waals surface area (Å²) in [6.07, 6.45) is 0. The van der Waals surface area contributed by atoms with E-state index in [1.165, 1.54) is 5.56 Å². The summed E-state index contributed by atoms with van der Waals surface area (Å²) < 4.78 is 0. The molecule has 0 saturated carbocycles. The van der Waals surface area contributed by atoms with E-state index in [2.05, 4.69) is 36.7 Å². The van der Waals surface area contributed by atoms with E-state index in [9.17, 15) is 9.59 Å². The van der Waals surface area contributed by atoms with Crippen molar-refractivity contribution >= 4 is 24.2 Å². The molecule has 27 heavy (non-hydrogen) atoms. The number of hydrogen-bond donors (Lipinski definition) is 3. The van der Waals surface area contributed by atoms with Gasteiger partial charge in [-0.2, -0.15) is 0 Å². The third-order valence-corrected chi connectivity index (χ3v) is 4.38. The van der Waals surface area contributed by atoms with Crippen molar-refractivity contribution < 1.29 is 9.59 Å². The molecule has 6 heteroatoms. The maximum Gasteiger partial charge on any atom is 0.251 e. The summed E-state index contributed by atoms with van der Waals surface area (Å²) in [7, 11) is 0. The lowest BCUT2D eigenvalue weighted by Gasteiger charge is -2.23. The fourth-order valence-corrected chi connectivity index (χ4v) is 2.67. The molecule has 0 aliphatic carbocycles. The molecule has 3 N–H and O–H groups in total. The van der Waals surface area contributed by atoms with Gasteiger partial charge in [-0.1, -0.05) is 53.7 Å². The molecule has 154 valence electrons. The van der Waals surface area contributed by atoms with E-state index in [0.717, 1.165) is 6.54 Å². The zero-order valence-electron chi connectivity index (χ0n) is 17.7. The predicted octanol–water partition coefficient (Wildman–Crippen LogP) is 3.27. The number of nitrogens with one attached hydrogen (secondary N) is 3. The molecule has 0 bridgehead atoms. The maximum atomic E-state index is 12.6. The van der Waals surface area contributed by atoms with E-state index in [4.69, 9.17) is 0 Å². The molecule has 1 aromatic rings. The second-order valence-corrected chi connectivity index (χ2v) is 8.23. The van der Waals surface area contributed by atoms with Crippen LogP contribution in [0, 0.1) is 5.92 Å².